The van der Waals surface area contributed by atoms with Gasteiger partial charge < -0.3 is 10.6 Å². The van der Waals surface area contributed by atoms with Crippen molar-refractivity contribution < 1.29 is 4.92 Å². The minimum atomic E-state index is -0.427. The van der Waals surface area contributed by atoms with Gasteiger partial charge in [0.05, 0.1) is 10.4 Å². The Morgan fingerprint density at radius 2 is 1.93 bits per heavy atom. The topological polar surface area (TPSA) is 93.0 Å². The Kier molecular flexibility index (Phi) is 5.11. The highest BCUT2D eigenvalue weighted by Crippen LogP contribution is 2.25. The van der Waals surface area contributed by atoms with E-state index in [9.17, 15) is 10.1 Å². The Hall–Kier alpha value is -3.52. The SMILES string of the molecule is O=[N+]([O-])c1cccc(Nc2nc(NCCc3cccs3)c3ccccc3n2)c1. The molecule has 0 aliphatic rings. The molecule has 0 aliphatic carbocycles. The Morgan fingerprint density at radius 1 is 1.04 bits per heavy atom. The van der Waals surface area contributed by atoms with Crippen molar-refractivity contribution in [3.63, 3.8) is 0 Å². The fraction of sp³-hybridized carbons (Fsp3) is 0.100. The summed E-state index contributed by atoms with van der Waals surface area (Å²) in [5.41, 5.74) is 1.37. The van der Waals surface area contributed by atoms with E-state index in [1.165, 1.54) is 17.0 Å². The van der Waals surface area contributed by atoms with Crippen molar-refractivity contribution in [3.8, 4) is 0 Å². The summed E-state index contributed by atoms with van der Waals surface area (Å²) in [6.45, 7) is 0.748. The van der Waals surface area contributed by atoms with Gasteiger partial charge in [-0.2, -0.15) is 4.98 Å². The molecule has 8 heteroatoms. The molecule has 7 nitrogen and oxygen atoms in total. The Labute approximate surface area is 165 Å². The molecule has 0 spiro atoms. The summed E-state index contributed by atoms with van der Waals surface area (Å²) in [4.78, 5) is 21.0. The third-order valence-electron chi connectivity index (χ3n) is 4.16. The van der Waals surface area contributed by atoms with Crippen molar-refractivity contribution >= 4 is 45.4 Å². The predicted octanol–water partition coefficient (Wildman–Crippen LogP) is 5.00. The van der Waals surface area contributed by atoms with Crippen LogP contribution >= 0.6 is 11.3 Å². The maximum atomic E-state index is 11.0. The van der Waals surface area contributed by atoms with E-state index in [1.807, 2.05) is 30.3 Å². The zero-order chi connectivity index (χ0) is 19.3. The number of non-ortho nitro benzene ring substituents is 1. The number of rotatable bonds is 7. The van der Waals surface area contributed by atoms with Crippen LogP contribution in [-0.2, 0) is 6.42 Å². The molecule has 0 saturated heterocycles. The lowest BCUT2D eigenvalue weighted by atomic mass is 10.2. The molecule has 0 aliphatic heterocycles. The van der Waals surface area contributed by atoms with E-state index >= 15 is 0 Å². The van der Waals surface area contributed by atoms with Crippen molar-refractivity contribution in [2.45, 2.75) is 6.42 Å². The molecule has 28 heavy (non-hydrogen) atoms. The molecule has 140 valence electrons. The number of para-hydroxylation sites is 1. The normalized spacial score (nSPS) is 10.7. The van der Waals surface area contributed by atoms with E-state index in [2.05, 4.69) is 32.0 Å². The Bertz CT molecular complexity index is 1110. The first-order valence-electron chi connectivity index (χ1n) is 8.73. The van der Waals surface area contributed by atoms with E-state index in [0.29, 0.717) is 11.6 Å². The zero-order valence-corrected chi connectivity index (χ0v) is 15.6. The van der Waals surface area contributed by atoms with Crippen molar-refractivity contribution in [2.75, 3.05) is 17.2 Å². The number of fused-ring (bicyclic) bond motifs is 1. The molecule has 0 atom stereocenters. The summed E-state index contributed by atoms with van der Waals surface area (Å²) in [6, 6.07) is 18.2. The molecule has 2 aromatic carbocycles. The van der Waals surface area contributed by atoms with Crippen LogP contribution < -0.4 is 10.6 Å². The van der Waals surface area contributed by atoms with Gasteiger partial charge in [0.1, 0.15) is 5.82 Å². The number of hydrogen-bond donors (Lipinski definition) is 2. The highest BCUT2D eigenvalue weighted by Gasteiger charge is 2.10. The Balaban J connectivity index is 1.60. The van der Waals surface area contributed by atoms with Crippen molar-refractivity contribution in [3.05, 3.63) is 81.0 Å². The molecular weight excluding hydrogens is 374 g/mol. The summed E-state index contributed by atoms with van der Waals surface area (Å²) in [5, 5.41) is 20.4. The lowest BCUT2D eigenvalue weighted by molar-refractivity contribution is -0.384. The predicted molar refractivity (Wildman–Crippen MR) is 112 cm³/mol. The van der Waals surface area contributed by atoms with Crippen LogP contribution in [0.15, 0.2) is 66.0 Å². The lowest BCUT2D eigenvalue weighted by Crippen LogP contribution is -2.08. The molecule has 4 rings (SSSR count). The van der Waals surface area contributed by atoms with Gasteiger partial charge >= 0.3 is 0 Å². The van der Waals surface area contributed by atoms with Gasteiger partial charge in [0.2, 0.25) is 5.95 Å². The van der Waals surface area contributed by atoms with Crippen LogP contribution in [0, 0.1) is 10.1 Å². The van der Waals surface area contributed by atoms with Crippen LogP contribution in [0.4, 0.5) is 23.1 Å². The first-order valence-corrected chi connectivity index (χ1v) is 9.61. The second-order valence-electron chi connectivity index (χ2n) is 6.10. The first kappa shape index (κ1) is 17.9. The van der Waals surface area contributed by atoms with Crippen LogP contribution in [-0.4, -0.2) is 21.4 Å². The van der Waals surface area contributed by atoms with Gasteiger partial charge in [0, 0.05) is 34.6 Å². The van der Waals surface area contributed by atoms with Crippen molar-refractivity contribution in [1.82, 2.24) is 9.97 Å². The third-order valence-corrected chi connectivity index (χ3v) is 5.10. The molecule has 4 aromatic rings. The summed E-state index contributed by atoms with van der Waals surface area (Å²) in [6.07, 6.45) is 0.906. The molecule has 0 unspecified atom stereocenters. The minimum Gasteiger partial charge on any atom is -0.369 e. The fourth-order valence-corrected chi connectivity index (χ4v) is 3.56. The smallest absolute Gasteiger partial charge is 0.271 e. The number of nitro benzene ring substituents is 1. The van der Waals surface area contributed by atoms with Crippen molar-refractivity contribution in [2.24, 2.45) is 0 Å². The minimum absolute atomic E-state index is 0.0140. The monoisotopic (exact) mass is 391 g/mol. The average Bonchev–Trinajstić information content (AvgIpc) is 3.21. The molecule has 2 N–H and O–H groups in total. The number of nitrogens with one attached hydrogen (secondary N) is 2. The average molecular weight is 391 g/mol. The van der Waals surface area contributed by atoms with E-state index in [4.69, 9.17) is 0 Å². The highest BCUT2D eigenvalue weighted by molar-refractivity contribution is 7.09. The van der Waals surface area contributed by atoms with Crippen LogP contribution in [0.25, 0.3) is 10.9 Å². The van der Waals surface area contributed by atoms with Crippen LogP contribution in [0.5, 0.6) is 0 Å². The second-order valence-corrected chi connectivity index (χ2v) is 7.13. The number of aromatic nitrogens is 2. The number of nitro groups is 1. The molecule has 0 radical (unpaired) electrons. The van der Waals surface area contributed by atoms with E-state index in [0.717, 1.165) is 29.7 Å². The van der Waals surface area contributed by atoms with Gasteiger partial charge in [0.25, 0.3) is 5.69 Å². The summed E-state index contributed by atoms with van der Waals surface area (Å²) in [5.74, 6) is 1.12. The van der Waals surface area contributed by atoms with Gasteiger partial charge in [-0.15, -0.1) is 11.3 Å². The standard InChI is InChI=1S/C20H17N5O2S/c26-25(27)15-6-3-5-14(13-15)22-20-23-18-9-2-1-8-17(18)19(24-20)21-11-10-16-7-4-12-28-16/h1-9,12-13H,10-11H2,(H2,21,22,23,24). The number of anilines is 3. The second kappa shape index (κ2) is 8.01. The number of benzene rings is 2. The summed E-state index contributed by atoms with van der Waals surface area (Å²) < 4.78 is 0. The third kappa shape index (κ3) is 4.07. The van der Waals surface area contributed by atoms with E-state index < -0.39 is 4.92 Å². The number of hydrogen-bond acceptors (Lipinski definition) is 7. The molecule has 2 heterocycles. The van der Waals surface area contributed by atoms with Gasteiger partial charge in [-0.05, 0) is 36.1 Å². The fourth-order valence-electron chi connectivity index (χ4n) is 2.85. The number of thiophene rings is 1. The lowest BCUT2D eigenvalue weighted by Gasteiger charge is -2.11. The van der Waals surface area contributed by atoms with Crippen molar-refractivity contribution in [1.29, 1.82) is 0 Å². The van der Waals surface area contributed by atoms with Gasteiger partial charge in [-0.3, -0.25) is 10.1 Å². The molecule has 2 aromatic heterocycles. The van der Waals surface area contributed by atoms with E-state index in [1.54, 1.807) is 23.5 Å². The summed E-state index contributed by atoms with van der Waals surface area (Å²) >= 11 is 1.73. The molecule has 0 amide bonds. The van der Waals surface area contributed by atoms with Crippen LogP contribution in [0.2, 0.25) is 0 Å². The quantitative estimate of drug-likeness (QED) is 0.340. The first-order chi connectivity index (χ1) is 13.7. The molecule has 0 saturated carbocycles. The zero-order valence-electron chi connectivity index (χ0n) is 14.8. The maximum absolute atomic E-state index is 11.0. The number of nitrogens with zero attached hydrogens (tertiary/aromatic N) is 3. The largest absolute Gasteiger partial charge is 0.369 e. The summed E-state index contributed by atoms with van der Waals surface area (Å²) in [7, 11) is 0. The van der Waals surface area contributed by atoms with Gasteiger partial charge in [-0.25, -0.2) is 4.98 Å². The molecule has 0 fully saturated rings. The highest BCUT2D eigenvalue weighted by atomic mass is 32.1. The van der Waals surface area contributed by atoms with Gasteiger partial charge in [0.15, 0.2) is 0 Å². The van der Waals surface area contributed by atoms with Crippen LogP contribution in [0.3, 0.4) is 0 Å². The Morgan fingerprint density at radius 3 is 2.75 bits per heavy atom. The molecule has 0 bridgehead atoms. The molecular formula is C20H17N5O2S. The maximum Gasteiger partial charge on any atom is 0.271 e. The van der Waals surface area contributed by atoms with Crippen LogP contribution in [0.1, 0.15) is 4.88 Å². The van der Waals surface area contributed by atoms with E-state index in [-0.39, 0.29) is 5.69 Å². The van der Waals surface area contributed by atoms with Gasteiger partial charge in [-0.1, -0.05) is 24.3 Å².